The number of amides is 1. The third-order valence-electron chi connectivity index (χ3n) is 3.42. The van der Waals surface area contributed by atoms with Crippen molar-refractivity contribution >= 4 is 23.2 Å². The summed E-state index contributed by atoms with van der Waals surface area (Å²) in [5.41, 5.74) is 0.497. The molecule has 24 heavy (non-hydrogen) atoms. The molecule has 2 aromatic rings. The van der Waals surface area contributed by atoms with Gasteiger partial charge >= 0.3 is 0 Å². The number of methoxy groups -OCH3 is 2. The monoisotopic (exact) mass is 349 g/mol. The van der Waals surface area contributed by atoms with Gasteiger partial charge < -0.3 is 19.5 Å². The average molecular weight is 350 g/mol. The predicted molar refractivity (Wildman–Crippen MR) is 94.3 cm³/mol. The van der Waals surface area contributed by atoms with Gasteiger partial charge in [0.05, 0.1) is 19.9 Å². The number of hydrogen-bond donors (Lipinski definition) is 1. The molecule has 6 heteroatoms. The minimum absolute atomic E-state index is 0.288. The topological polar surface area (TPSA) is 56.8 Å². The first-order valence-electron chi connectivity index (χ1n) is 7.53. The number of benzene rings is 2. The number of carbonyl (C=O) groups excluding carboxylic acids is 1. The Labute approximate surface area is 146 Å². The molecule has 0 aromatic heterocycles. The van der Waals surface area contributed by atoms with E-state index in [2.05, 4.69) is 5.32 Å². The normalized spacial score (nSPS) is 11.5. The van der Waals surface area contributed by atoms with Crippen LogP contribution in [0.15, 0.2) is 42.5 Å². The third kappa shape index (κ3) is 4.32. The Kier molecular flexibility index (Phi) is 6.32. The summed E-state index contributed by atoms with van der Waals surface area (Å²) in [6.45, 7) is 1.87. The molecule has 0 aliphatic heterocycles. The van der Waals surface area contributed by atoms with Crippen molar-refractivity contribution in [2.75, 3.05) is 19.5 Å². The summed E-state index contributed by atoms with van der Waals surface area (Å²) < 4.78 is 16.3. The first kappa shape index (κ1) is 17.9. The lowest BCUT2D eigenvalue weighted by Gasteiger charge is -2.19. The van der Waals surface area contributed by atoms with E-state index in [1.807, 2.05) is 19.1 Å². The molecule has 0 fully saturated rings. The lowest BCUT2D eigenvalue weighted by atomic mass is 10.2. The molecule has 0 aliphatic carbocycles. The molecule has 5 nitrogen and oxygen atoms in total. The van der Waals surface area contributed by atoms with Crippen LogP contribution in [0.1, 0.15) is 13.3 Å². The number of rotatable bonds is 7. The molecule has 0 bridgehead atoms. The molecule has 2 rings (SSSR count). The fourth-order valence-corrected chi connectivity index (χ4v) is 2.35. The molecule has 0 heterocycles. The molecule has 1 N–H and O–H groups in total. The third-order valence-corrected chi connectivity index (χ3v) is 3.66. The van der Waals surface area contributed by atoms with Gasteiger partial charge in [-0.15, -0.1) is 0 Å². The smallest absolute Gasteiger partial charge is 0.265 e. The van der Waals surface area contributed by atoms with E-state index in [9.17, 15) is 4.79 Å². The predicted octanol–water partition coefficient (Wildman–Crippen LogP) is 4.15. The first-order valence-corrected chi connectivity index (χ1v) is 7.91. The molecule has 2 aromatic carbocycles. The minimum Gasteiger partial charge on any atom is -0.495 e. The van der Waals surface area contributed by atoms with Gasteiger partial charge in [-0.3, -0.25) is 4.79 Å². The van der Waals surface area contributed by atoms with Crippen molar-refractivity contribution in [2.45, 2.75) is 19.4 Å². The summed E-state index contributed by atoms with van der Waals surface area (Å²) in [5, 5.41) is 3.30. The van der Waals surface area contributed by atoms with Crippen LogP contribution in [0.25, 0.3) is 0 Å². The van der Waals surface area contributed by atoms with Crippen LogP contribution in [0.3, 0.4) is 0 Å². The minimum atomic E-state index is -0.676. The molecule has 1 atom stereocenters. The molecule has 128 valence electrons. The Morgan fingerprint density at radius 3 is 2.38 bits per heavy atom. The van der Waals surface area contributed by atoms with Crippen LogP contribution >= 0.6 is 11.6 Å². The second kappa shape index (κ2) is 8.45. The van der Waals surface area contributed by atoms with Gasteiger partial charge in [-0.05, 0) is 36.8 Å². The van der Waals surface area contributed by atoms with Crippen molar-refractivity contribution in [2.24, 2.45) is 0 Å². The summed E-state index contributed by atoms with van der Waals surface area (Å²) in [6, 6.07) is 12.2. The zero-order chi connectivity index (χ0) is 17.5. The Bertz CT molecular complexity index is 705. The molecule has 0 saturated carbocycles. The van der Waals surface area contributed by atoms with Crippen molar-refractivity contribution in [3.05, 3.63) is 47.5 Å². The summed E-state index contributed by atoms with van der Waals surface area (Å²) in [6.07, 6.45) is -0.183. The summed E-state index contributed by atoms with van der Waals surface area (Å²) in [5.74, 6) is 1.33. The van der Waals surface area contributed by atoms with Crippen molar-refractivity contribution in [3.8, 4) is 17.2 Å². The van der Waals surface area contributed by atoms with Crippen LogP contribution in [0.5, 0.6) is 17.2 Å². The highest BCUT2D eigenvalue weighted by atomic mass is 35.5. The Hall–Kier alpha value is -2.40. The number of nitrogens with one attached hydrogen (secondary N) is 1. The van der Waals surface area contributed by atoms with Gasteiger partial charge in [0, 0.05) is 5.02 Å². The number of hydrogen-bond acceptors (Lipinski definition) is 4. The van der Waals surface area contributed by atoms with Crippen LogP contribution in [0.4, 0.5) is 5.69 Å². The first-order chi connectivity index (χ1) is 11.6. The fraction of sp³-hybridized carbons (Fsp3) is 0.278. The molecule has 0 spiro atoms. The fourth-order valence-electron chi connectivity index (χ4n) is 2.18. The maximum Gasteiger partial charge on any atom is 0.265 e. The standard InChI is InChI=1S/C18H20ClNO4/c1-4-14(24-17-8-6-5-7-16(17)23-3)18(21)20-13-11-12(19)9-10-15(13)22-2/h5-11,14H,4H2,1-3H3,(H,20,21). The van der Waals surface area contributed by atoms with Gasteiger partial charge in [-0.1, -0.05) is 30.7 Å². The van der Waals surface area contributed by atoms with Gasteiger partial charge in [-0.2, -0.15) is 0 Å². The largest absolute Gasteiger partial charge is 0.495 e. The maximum atomic E-state index is 12.6. The summed E-state index contributed by atoms with van der Waals surface area (Å²) in [4.78, 5) is 12.6. The van der Waals surface area contributed by atoms with E-state index in [4.69, 9.17) is 25.8 Å². The van der Waals surface area contributed by atoms with Crippen LogP contribution in [0.2, 0.25) is 5.02 Å². The number of para-hydroxylation sites is 2. The van der Waals surface area contributed by atoms with Crippen LogP contribution in [0, 0.1) is 0 Å². The van der Waals surface area contributed by atoms with E-state index in [0.717, 1.165) is 0 Å². The highest BCUT2D eigenvalue weighted by molar-refractivity contribution is 6.31. The molecule has 1 unspecified atom stereocenters. The molecule has 0 aliphatic rings. The highest BCUT2D eigenvalue weighted by Crippen LogP contribution is 2.30. The van der Waals surface area contributed by atoms with Gasteiger partial charge in [0.25, 0.3) is 5.91 Å². The van der Waals surface area contributed by atoms with Crippen molar-refractivity contribution in [3.63, 3.8) is 0 Å². The summed E-state index contributed by atoms with van der Waals surface area (Å²) in [7, 11) is 3.08. The number of carbonyl (C=O) groups is 1. The van der Waals surface area contributed by atoms with E-state index in [0.29, 0.717) is 34.4 Å². The second-order valence-corrected chi connectivity index (χ2v) is 5.44. The van der Waals surface area contributed by atoms with Crippen LogP contribution in [-0.2, 0) is 4.79 Å². The van der Waals surface area contributed by atoms with Gasteiger partial charge in [0.1, 0.15) is 5.75 Å². The number of halogens is 1. The highest BCUT2D eigenvalue weighted by Gasteiger charge is 2.21. The van der Waals surface area contributed by atoms with E-state index >= 15 is 0 Å². The molecule has 0 radical (unpaired) electrons. The summed E-state index contributed by atoms with van der Waals surface area (Å²) >= 11 is 5.99. The molecule has 1 amide bonds. The van der Waals surface area contributed by atoms with Crippen molar-refractivity contribution < 1.29 is 19.0 Å². The lowest BCUT2D eigenvalue weighted by molar-refractivity contribution is -0.122. The van der Waals surface area contributed by atoms with E-state index in [-0.39, 0.29) is 5.91 Å². The quantitative estimate of drug-likeness (QED) is 0.815. The Balaban J connectivity index is 2.16. The van der Waals surface area contributed by atoms with Gasteiger partial charge in [0.15, 0.2) is 17.6 Å². The zero-order valence-electron chi connectivity index (χ0n) is 13.8. The number of ether oxygens (including phenoxy) is 3. The van der Waals surface area contributed by atoms with Gasteiger partial charge in [0.2, 0.25) is 0 Å². The Morgan fingerprint density at radius 2 is 1.75 bits per heavy atom. The van der Waals surface area contributed by atoms with Crippen molar-refractivity contribution in [1.82, 2.24) is 0 Å². The molecular weight excluding hydrogens is 330 g/mol. The lowest BCUT2D eigenvalue weighted by Crippen LogP contribution is -2.32. The maximum absolute atomic E-state index is 12.6. The Morgan fingerprint density at radius 1 is 1.08 bits per heavy atom. The van der Waals surface area contributed by atoms with E-state index in [1.54, 1.807) is 37.4 Å². The zero-order valence-corrected chi connectivity index (χ0v) is 14.6. The average Bonchev–Trinajstić information content (AvgIpc) is 2.60. The van der Waals surface area contributed by atoms with Crippen molar-refractivity contribution in [1.29, 1.82) is 0 Å². The van der Waals surface area contributed by atoms with Crippen LogP contribution < -0.4 is 19.5 Å². The van der Waals surface area contributed by atoms with E-state index in [1.165, 1.54) is 7.11 Å². The van der Waals surface area contributed by atoms with Gasteiger partial charge in [-0.25, -0.2) is 0 Å². The second-order valence-electron chi connectivity index (χ2n) is 5.00. The SMILES string of the molecule is CCC(Oc1ccccc1OC)C(=O)Nc1cc(Cl)ccc1OC. The number of anilines is 1. The molecule has 0 saturated heterocycles. The van der Waals surface area contributed by atoms with Crippen LogP contribution in [-0.4, -0.2) is 26.2 Å². The molecular formula is C18H20ClNO4. The van der Waals surface area contributed by atoms with E-state index < -0.39 is 6.10 Å².